The lowest BCUT2D eigenvalue weighted by Gasteiger charge is -2.69. The van der Waals surface area contributed by atoms with Gasteiger partial charge in [0.2, 0.25) is 0 Å². The lowest BCUT2D eigenvalue weighted by atomic mass is 9.39. The molecular formula is C27H47NO3Si. The maximum atomic E-state index is 11.6. The van der Waals surface area contributed by atoms with Gasteiger partial charge in [0.25, 0.3) is 0 Å². The summed E-state index contributed by atoms with van der Waals surface area (Å²) in [6.07, 6.45) is 6.34. The number of likely N-dealkylation sites (tertiary alicyclic amines) is 1. The van der Waals surface area contributed by atoms with Crippen LogP contribution in [0.4, 0.5) is 0 Å². The van der Waals surface area contributed by atoms with Gasteiger partial charge in [-0.1, -0.05) is 34.6 Å². The molecule has 5 heteroatoms. The average Bonchev–Trinajstić information content (AvgIpc) is 3.15. The molecule has 3 unspecified atom stereocenters. The second-order valence-corrected chi connectivity index (χ2v) is 19.4. The first-order valence-corrected chi connectivity index (χ1v) is 16.5. The van der Waals surface area contributed by atoms with Crippen LogP contribution in [0.3, 0.4) is 0 Å². The van der Waals surface area contributed by atoms with Crippen molar-refractivity contribution in [2.45, 2.75) is 116 Å². The Morgan fingerprint density at radius 1 is 1.06 bits per heavy atom. The smallest absolute Gasteiger partial charge is 0.192 e. The second-order valence-electron chi connectivity index (χ2n) is 14.6. The Bertz CT molecular complexity index is 811. The molecule has 0 radical (unpaired) electrons. The fraction of sp³-hybridized carbons (Fsp3) is 1.00. The van der Waals surface area contributed by atoms with Crippen LogP contribution in [0.2, 0.25) is 18.1 Å². The second kappa shape index (κ2) is 6.43. The molecule has 0 aromatic rings. The van der Waals surface area contributed by atoms with E-state index in [2.05, 4.69) is 52.6 Å². The molecule has 7 bridgehead atoms. The van der Waals surface area contributed by atoms with Gasteiger partial charge in [0, 0.05) is 23.4 Å². The van der Waals surface area contributed by atoms with E-state index in [0.717, 1.165) is 31.7 Å². The highest BCUT2D eigenvalue weighted by atomic mass is 28.4. The van der Waals surface area contributed by atoms with E-state index in [1.165, 1.54) is 25.8 Å². The Morgan fingerprint density at radius 2 is 1.78 bits per heavy atom. The highest BCUT2D eigenvalue weighted by Gasteiger charge is 2.85. The standard InChI is InChI=1S/C27H47NO3Si/c1-8-28-15-25(5)11-10-20(31-32(6,7)24(2,3)4)27-18(25)14-17(22(27)28)26-12-9-16(13-19(26)27)21(29)23(26)30/h16-23,29-30H,8-15H2,1-7H3/t16-,17?,18+,19?,20-,21-,22+,23-,25-,26-,27?/m0/s1. The van der Waals surface area contributed by atoms with Gasteiger partial charge in [0.05, 0.1) is 18.3 Å². The van der Waals surface area contributed by atoms with E-state index in [0.29, 0.717) is 29.4 Å². The molecule has 7 fully saturated rings. The number of rotatable bonds is 3. The maximum absolute atomic E-state index is 11.6. The van der Waals surface area contributed by atoms with Crippen LogP contribution >= 0.6 is 0 Å². The van der Waals surface area contributed by atoms with Gasteiger partial charge in [-0.25, -0.2) is 0 Å². The minimum Gasteiger partial charge on any atom is -0.413 e. The molecule has 1 aliphatic heterocycles. The van der Waals surface area contributed by atoms with Crippen molar-refractivity contribution in [3.63, 3.8) is 0 Å². The van der Waals surface area contributed by atoms with Crippen molar-refractivity contribution in [2.24, 2.45) is 39.9 Å². The van der Waals surface area contributed by atoms with Gasteiger partial charge in [-0.15, -0.1) is 0 Å². The van der Waals surface area contributed by atoms with Gasteiger partial charge < -0.3 is 14.6 Å². The molecule has 6 aliphatic carbocycles. The Kier molecular flexibility index (Phi) is 4.52. The Balaban J connectivity index is 1.53. The van der Waals surface area contributed by atoms with Gasteiger partial charge >= 0.3 is 0 Å². The predicted molar refractivity (Wildman–Crippen MR) is 130 cm³/mol. The molecule has 2 spiro atoms. The molecule has 7 rings (SSSR count). The number of piperidine rings is 1. The number of nitrogens with zero attached hydrogens (tertiary/aromatic N) is 1. The number of fused-ring (bicyclic) bond motifs is 2. The van der Waals surface area contributed by atoms with Crippen molar-refractivity contribution in [3.05, 3.63) is 0 Å². The van der Waals surface area contributed by atoms with Crippen LogP contribution in [-0.4, -0.2) is 60.9 Å². The summed E-state index contributed by atoms with van der Waals surface area (Å²) >= 11 is 0. The highest BCUT2D eigenvalue weighted by Crippen LogP contribution is 2.83. The zero-order chi connectivity index (χ0) is 23.1. The molecule has 0 aromatic carbocycles. The minimum absolute atomic E-state index is 0.0830. The van der Waals surface area contributed by atoms with Crippen LogP contribution in [0, 0.1) is 39.9 Å². The summed E-state index contributed by atoms with van der Waals surface area (Å²) in [5.74, 6) is 2.04. The van der Waals surface area contributed by atoms with Gasteiger partial charge in [-0.3, -0.25) is 4.90 Å². The molecule has 2 N–H and O–H groups in total. The van der Waals surface area contributed by atoms with Crippen LogP contribution in [0.5, 0.6) is 0 Å². The van der Waals surface area contributed by atoms with Crippen molar-refractivity contribution in [1.82, 2.24) is 4.90 Å². The van der Waals surface area contributed by atoms with Crippen molar-refractivity contribution in [3.8, 4) is 0 Å². The van der Waals surface area contributed by atoms with Crippen molar-refractivity contribution in [1.29, 1.82) is 0 Å². The monoisotopic (exact) mass is 461 g/mol. The lowest BCUT2D eigenvalue weighted by molar-refractivity contribution is -0.258. The fourth-order valence-electron chi connectivity index (χ4n) is 10.7. The van der Waals surface area contributed by atoms with Crippen LogP contribution in [-0.2, 0) is 4.43 Å². The van der Waals surface area contributed by atoms with Gasteiger partial charge in [0.1, 0.15) is 0 Å². The molecule has 1 saturated heterocycles. The third-order valence-electron chi connectivity index (χ3n) is 12.8. The van der Waals surface area contributed by atoms with E-state index >= 15 is 0 Å². The third kappa shape index (κ3) is 2.30. The van der Waals surface area contributed by atoms with Gasteiger partial charge in [0.15, 0.2) is 8.32 Å². The van der Waals surface area contributed by atoms with Crippen LogP contribution < -0.4 is 0 Å². The van der Waals surface area contributed by atoms with Gasteiger partial charge in [-0.05, 0) is 92.3 Å². The normalized spacial score (nSPS) is 56.5. The van der Waals surface area contributed by atoms with E-state index in [-0.39, 0.29) is 21.8 Å². The average molecular weight is 462 g/mol. The Labute approximate surface area is 196 Å². The van der Waals surface area contributed by atoms with Crippen molar-refractivity contribution in [2.75, 3.05) is 13.1 Å². The summed E-state index contributed by atoms with van der Waals surface area (Å²) in [5.41, 5.74) is 0.456. The Morgan fingerprint density at radius 3 is 2.44 bits per heavy atom. The number of hydrogen-bond acceptors (Lipinski definition) is 4. The van der Waals surface area contributed by atoms with E-state index in [9.17, 15) is 10.2 Å². The summed E-state index contributed by atoms with van der Waals surface area (Å²) in [7, 11) is -1.92. The molecule has 6 saturated carbocycles. The van der Waals surface area contributed by atoms with Crippen LogP contribution in [0.15, 0.2) is 0 Å². The topological polar surface area (TPSA) is 52.9 Å². The van der Waals surface area contributed by atoms with Crippen molar-refractivity contribution < 1.29 is 14.6 Å². The van der Waals surface area contributed by atoms with Crippen LogP contribution in [0.1, 0.15) is 73.1 Å². The van der Waals surface area contributed by atoms with E-state index in [4.69, 9.17) is 4.43 Å². The molecule has 0 amide bonds. The molecular weight excluding hydrogens is 414 g/mol. The molecule has 7 aliphatic rings. The summed E-state index contributed by atoms with van der Waals surface area (Å²) in [4.78, 5) is 2.83. The molecule has 4 nitrogen and oxygen atoms in total. The lowest BCUT2D eigenvalue weighted by Crippen LogP contribution is -2.72. The number of aliphatic hydroxyl groups is 2. The summed E-state index contributed by atoms with van der Waals surface area (Å²) in [6, 6.07) is 0.532. The fourth-order valence-corrected chi connectivity index (χ4v) is 12.0. The largest absolute Gasteiger partial charge is 0.413 e. The molecule has 11 atom stereocenters. The third-order valence-corrected chi connectivity index (χ3v) is 17.2. The predicted octanol–water partition coefficient (Wildman–Crippen LogP) is 4.66. The van der Waals surface area contributed by atoms with Crippen LogP contribution in [0.25, 0.3) is 0 Å². The summed E-state index contributed by atoms with van der Waals surface area (Å²) < 4.78 is 7.45. The van der Waals surface area contributed by atoms with Gasteiger partial charge in [-0.2, -0.15) is 0 Å². The van der Waals surface area contributed by atoms with Crippen molar-refractivity contribution >= 4 is 8.32 Å². The summed E-state index contributed by atoms with van der Waals surface area (Å²) in [6.45, 7) is 19.2. The molecule has 32 heavy (non-hydrogen) atoms. The van der Waals surface area contributed by atoms with E-state index in [1.54, 1.807) is 0 Å². The Hall–Kier alpha value is 0.0569. The first kappa shape index (κ1) is 22.5. The molecule has 0 aromatic heterocycles. The zero-order valence-electron chi connectivity index (χ0n) is 21.5. The van der Waals surface area contributed by atoms with E-state index in [1.807, 2.05) is 0 Å². The quantitative estimate of drug-likeness (QED) is 0.601. The minimum atomic E-state index is -1.92. The highest BCUT2D eigenvalue weighted by molar-refractivity contribution is 6.74. The molecule has 1 heterocycles. The SMILES string of the molecule is CCN1C[C@]2(C)CC[C@H](O[Si](C)(C)C(C)(C)C)C34C5C[C@@H]6CC[C@@]5(C(C[C@@H]32)[C@@H]14)[C@@H](O)[C@H]6O. The zero-order valence-corrected chi connectivity index (χ0v) is 22.5. The molecule has 182 valence electrons. The first-order chi connectivity index (χ1) is 14.8. The maximum Gasteiger partial charge on any atom is 0.192 e. The van der Waals surface area contributed by atoms with E-state index < -0.39 is 20.5 Å². The summed E-state index contributed by atoms with van der Waals surface area (Å²) in [5, 5.41) is 22.9. The first-order valence-electron chi connectivity index (χ1n) is 13.6. The number of aliphatic hydroxyl groups excluding tert-OH is 2. The number of hydrogen-bond donors (Lipinski definition) is 2.